The van der Waals surface area contributed by atoms with Gasteiger partial charge in [0.2, 0.25) is 0 Å². The van der Waals surface area contributed by atoms with Crippen LogP contribution >= 0.6 is 0 Å². The largest absolute Gasteiger partial charge is 0.377 e. The van der Waals surface area contributed by atoms with E-state index in [9.17, 15) is 8.42 Å². The molecule has 0 saturated carbocycles. The van der Waals surface area contributed by atoms with E-state index in [2.05, 4.69) is 4.98 Å². The van der Waals surface area contributed by atoms with Crippen LogP contribution in [-0.4, -0.2) is 13.4 Å². The molecule has 1 aromatic heterocycles. The molecule has 0 N–H and O–H groups in total. The highest BCUT2D eigenvalue weighted by molar-refractivity contribution is 7.87. The van der Waals surface area contributed by atoms with E-state index in [0.29, 0.717) is 5.52 Å². The van der Waals surface area contributed by atoms with Crippen LogP contribution in [0.4, 0.5) is 0 Å². The van der Waals surface area contributed by atoms with Crippen molar-refractivity contribution in [1.29, 1.82) is 0 Å². The van der Waals surface area contributed by atoms with Crippen molar-refractivity contribution in [3.63, 3.8) is 0 Å². The minimum absolute atomic E-state index is 0.116. The van der Waals surface area contributed by atoms with Crippen molar-refractivity contribution in [2.75, 3.05) is 0 Å². The first-order valence-electron chi connectivity index (χ1n) is 8.90. The molecule has 1 heterocycles. The summed E-state index contributed by atoms with van der Waals surface area (Å²) in [7, 11) is -3.95. The third kappa shape index (κ3) is 3.37. The molecule has 0 atom stereocenters. The van der Waals surface area contributed by atoms with Gasteiger partial charge in [-0.2, -0.15) is 8.42 Å². The average Bonchev–Trinajstić information content (AvgIpc) is 2.68. The Balaban J connectivity index is 1.82. The van der Waals surface area contributed by atoms with Gasteiger partial charge in [-0.1, -0.05) is 54.1 Å². The Morgan fingerprint density at radius 2 is 1.54 bits per heavy atom. The lowest BCUT2D eigenvalue weighted by molar-refractivity contribution is 0.488. The topological polar surface area (TPSA) is 56.3 Å². The van der Waals surface area contributed by atoms with Crippen molar-refractivity contribution in [2.24, 2.45) is 0 Å². The van der Waals surface area contributed by atoms with Gasteiger partial charge < -0.3 is 4.18 Å². The maximum absolute atomic E-state index is 12.7. The zero-order chi connectivity index (χ0) is 19.7. The van der Waals surface area contributed by atoms with Crippen LogP contribution in [0.15, 0.2) is 83.9 Å². The molecular weight excluding hydrogens is 370 g/mol. The van der Waals surface area contributed by atoms with Gasteiger partial charge in [-0.05, 0) is 54.8 Å². The zero-order valence-electron chi connectivity index (χ0n) is 15.6. The van der Waals surface area contributed by atoms with Crippen LogP contribution in [0.25, 0.3) is 22.0 Å². The molecule has 0 saturated heterocycles. The van der Waals surface area contributed by atoms with E-state index in [1.54, 1.807) is 42.6 Å². The molecule has 140 valence electrons. The summed E-state index contributed by atoms with van der Waals surface area (Å²) in [5, 5.41) is 0.841. The molecule has 0 unspecified atom stereocenters. The van der Waals surface area contributed by atoms with Gasteiger partial charge >= 0.3 is 10.1 Å². The van der Waals surface area contributed by atoms with E-state index >= 15 is 0 Å². The van der Waals surface area contributed by atoms with Gasteiger partial charge in [-0.3, -0.25) is 4.98 Å². The van der Waals surface area contributed by atoms with Gasteiger partial charge in [-0.15, -0.1) is 0 Å². The van der Waals surface area contributed by atoms with Crippen LogP contribution in [-0.2, 0) is 10.1 Å². The number of pyridine rings is 1. The number of para-hydroxylation sites is 1. The third-order valence-corrected chi connectivity index (χ3v) is 5.93. The molecule has 28 heavy (non-hydrogen) atoms. The fourth-order valence-electron chi connectivity index (χ4n) is 3.20. The summed E-state index contributed by atoms with van der Waals surface area (Å²) in [5.41, 5.74) is 4.69. The Kier molecular flexibility index (Phi) is 4.61. The maximum atomic E-state index is 12.7. The fraction of sp³-hybridized carbons (Fsp3) is 0.0870. The summed E-state index contributed by atoms with van der Waals surface area (Å²) < 4.78 is 30.9. The molecular formula is C23H19NO3S. The Morgan fingerprint density at radius 1 is 0.786 bits per heavy atom. The van der Waals surface area contributed by atoms with Crippen LogP contribution in [0.1, 0.15) is 11.1 Å². The average molecular weight is 389 g/mol. The predicted octanol–water partition coefficient (Wildman–Crippen LogP) is 5.29. The zero-order valence-corrected chi connectivity index (χ0v) is 16.4. The predicted molar refractivity (Wildman–Crippen MR) is 111 cm³/mol. The summed E-state index contributed by atoms with van der Waals surface area (Å²) in [5.74, 6) is 0.216. The smallest absolute Gasteiger partial charge is 0.339 e. The van der Waals surface area contributed by atoms with E-state index in [4.69, 9.17) is 4.18 Å². The number of aromatic nitrogens is 1. The van der Waals surface area contributed by atoms with Gasteiger partial charge in [0.1, 0.15) is 10.4 Å². The highest BCUT2D eigenvalue weighted by atomic mass is 32.2. The number of benzene rings is 3. The number of aryl methyl sites for hydroxylation is 2. The van der Waals surface area contributed by atoms with Crippen molar-refractivity contribution in [3.8, 4) is 16.9 Å². The van der Waals surface area contributed by atoms with E-state index in [1.165, 1.54) is 0 Å². The van der Waals surface area contributed by atoms with Crippen LogP contribution in [0.5, 0.6) is 5.75 Å². The second kappa shape index (κ2) is 7.09. The number of hydrogen-bond donors (Lipinski definition) is 0. The second-order valence-electron chi connectivity index (χ2n) is 6.68. The van der Waals surface area contributed by atoms with E-state index in [-0.39, 0.29) is 10.6 Å². The van der Waals surface area contributed by atoms with Crippen molar-refractivity contribution in [2.45, 2.75) is 18.7 Å². The highest BCUT2D eigenvalue weighted by Crippen LogP contribution is 2.34. The molecule has 0 radical (unpaired) electrons. The molecule has 0 bridgehead atoms. The maximum Gasteiger partial charge on any atom is 0.339 e. The summed E-state index contributed by atoms with van der Waals surface area (Å²) in [4.78, 5) is 4.52. The molecule has 0 amide bonds. The first-order chi connectivity index (χ1) is 13.5. The van der Waals surface area contributed by atoms with E-state index < -0.39 is 10.1 Å². The Labute approximate surface area is 164 Å². The third-order valence-electron chi connectivity index (χ3n) is 4.68. The van der Waals surface area contributed by atoms with Crippen molar-refractivity contribution in [3.05, 3.63) is 90.1 Å². The number of rotatable bonds is 4. The second-order valence-corrected chi connectivity index (χ2v) is 8.22. The van der Waals surface area contributed by atoms with Crippen molar-refractivity contribution >= 4 is 21.0 Å². The Bertz CT molecular complexity index is 1260. The summed E-state index contributed by atoms with van der Waals surface area (Å²) in [6.07, 6.45) is 1.68. The highest BCUT2D eigenvalue weighted by Gasteiger charge is 2.19. The summed E-state index contributed by atoms with van der Waals surface area (Å²) >= 11 is 0. The van der Waals surface area contributed by atoms with Gasteiger partial charge in [0, 0.05) is 11.6 Å². The first kappa shape index (κ1) is 18.2. The lowest BCUT2D eigenvalue weighted by Crippen LogP contribution is -2.10. The van der Waals surface area contributed by atoms with Gasteiger partial charge in [0.15, 0.2) is 5.75 Å². The van der Waals surface area contributed by atoms with Crippen molar-refractivity contribution < 1.29 is 12.6 Å². The molecule has 0 aliphatic rings. The molecule has 4 rings (SSSR count). The van der Waals surface area contributed by atoms with E-state index in [1.807, 2.05) is 50.2 Å². The molecule has 0 fully saturated rings. The standard InChI is InChI=1S/C23H19NO3S/c1-16-10-12-18(13-11-16)28(25,26)27-22-9-5-8-21-20(14-15-24-23(21)22)19-7-4-3-6-17(19)2/h3-15H,1-2H3. The normalized spacial score (nSPS) is 11.5. The summed E-state index contributed by atoms with van der Waals surface area (Å²) in [6, 6.07) is 21.9. The van der Waals surface area contributed by atoms with Crippen LogP contribution in [0.3, 0.4) is 0 Å². The molecule has 4 nitrogen and oxygen atoms in total. The van der Waals surface area contributed by atoms with Crippen LogP contribution in [0.2, 0.25) is 0 Å². The summed E-state index contributed by atoms with van der Waals surface area (Å²) in [6.45, 7) is 3.95. The van der Waals surface area contributed by atoms with Crippen LogP contribution < -0.4 is 4.18 Å². The minimum atomic E-state index is -3.95. The van der Waals surface area contributed by atoms with Gasteiger partial charge in [0.25, 0.3) is 0 Å². The van der Waals surface area contributed by atoms with Gasteiger partial charge in [0.05, 0.1) is 0 Å². The molecule has 5 heteroatoms. The molecule has 0 aliphatic carbocycles. The number of nitrogens with zero attached hydrogens (tertiary/aromatic N) is 1. The molecule has 0 spiro atoms. The number of hydrogen-bond acceptors (Lipinski definition) is 4. The first-order valence-corrected chi connectivity index (χ1v) is 10.3. The lowest BCUT2D eigenvalue weighted by Gasteiger charge is -2.12. The molecule has 4 aromatic rings. The number of fused-ring (bicyclic) bond motifs is 1. The molecule has 3 aromatic carbocycles. The van der Waals surface area contributed by atoms with Crippen molar-refractivity contribution in [1.82, 2.24) is 4.98 Å². The fourth-order valence-corrected chi connectivity index (χ4v) is 4.13. The lowest BCUT2D eigenvalue weighted by atomic mass is 9.97. The molecule has 0 aliphatic heterocycles. The van der Waals surface area contributed by atoms with Crippen LogP contribution in [0, 0.1) is 13.8 Å². The Morgan fingerprint density at radius 3 is 2.29 bits per heavy atom. The Hall–Kier alpha value is -3.18. The monoisotopic (exact) mass is 389 g/mol. The quantitative estimate of drug-likeness (QED) is 0.445. The minimum Gasteiger partial charge on any atom is -0.377 e. The van der Waals surface area contributed by atoms with E-state index in [0.717, 1.165) is 27.6 Å². The van der Waals surface area contributed by atoms with Gasteiger partial charge in [-0.25, -0.2) is 0 Å². The SMILES string of the molecule is Cc1ccc(S(=O)(=O)Oc2cccc3c(-c4ccccc4C)ccnc23)cc1.